The molecule has 1 aliphatic carbocycles. The van der Waals surface area contributed by atoms with Crippen molar-refractivity contribution in [3.63, 3.8) is 0 Å². The molecule has 0 bridgehead atoms. The lowest BCUT2D eigenvalue weighted by Crippen LogP contribution is -2.55. The average Bonchev–Trinajstić information content (AvgIpc) is 2.85. The molecule has 4 rings (SSSR count). The Labute approximate surface area is 213 Å². The van der Waals surface area contributed by atoms with Crippen LogP contribution >= 0.6 is 11.6 Å². The van der Waals surface area contributed by atoms with Crippen LogP contribution in [0.5, 0.6) is 0 Å². The monoisotopic (exact) mass is 500 g/mol. The molecule has 2 heterocycles. The van der Waals surface area contributed by atoms with Gasteiger partial charge in [-0.15, -0.1) is 0 Å². The molecule has 7 nitrogen and oxygen atoms in total. The van der Waals surface area contributed by atoms with Crippen LogP contribution in [0.15, 0.2) is 18.2 Å². The van der Waals surface area contributed by atoms with E-state index in [4.69, 9.17) is 21.3 Å². The summed E-state index contributed by atoms with van der Waals surface area (Å²) in [6, 6.07) is 5.56. The number of fused-ring (bicyclic) bond motifs is 2. The van der Waals surface area contributed by atoms with Gasteiger partial charge in [0.05, 0.1) is 17.1 Å². The third-order valence-corrected chi connectivity index (χ3v) is 7.63. The average molecular weight is 501 g/mol. The number of carbonyl (C=O) groups is 2. The first-order valence-corrected chi connectivity index (χ1v) is 13.1. The van der Waals surface area contributed by atoms with Crippen molar-refractivity contribution in [2.45, 2.75) is 52.0 Å². The molecule has 0 spiro atoms. The second-order valence-corrected chi connectivity index (χ2v) is 10.6. The number of carbonyl (C=O) groups excluding carboxylic acids is 2. The molecule has 1 fully saturated rings. The topological polar surface area (TPSA) is 66.0 Å². The van der Waals surface area contributed by atoms with E-state index in [2.05, 4.69) is 19.0 Å². The van der Waals surface area contributed by atoms with Gasteiger partial charge in [-0.1, -0.05) is 24.6 Å². The van der Waals surface area contributed by atoms with E-state index in [9.17, 15) is 9.59 Å². The van der Waals surface area contributed by atoms with Crippen molar-refractivity contribution in [2.24, 2.45) is 5.92 Å². The largest absolute Gasteiger partial charge is 0.449 e. The van der Waals surface area contributed by atoms with E-state index in [1.54, 1.807) is 4.90 Å². The fraction of sp³-hybridized carbons (Fsp3) is 0.593. The molecule has 2 atom stereocenters. The van der Waals surface area contributed by atoms with Crippen LogP contribution in [0.3, 0.4) is 0 Å². The van der Waals surface area contributed by atoms with Crippen molar-refractivity contribution >= 4 is 34.5 Å². The molecule has 2 amide bonds. The van der Waals surface area contributed by atoms with Gasteiger partial charge in [0, 0.05) is 42.3 Å². The number of pyridine rings is 1. The number of hydrogen-bond acceptors (Lipinski definition) is 5. The van der Waals surface area contributed by atoms with Crippen LogP contribution in [-0.2, 0) is 17.6 Å². The summed E-state index contributed by atoms with van der Waals surface area (Å²) in [5.41, 5.74) is 3.63. The Morgan fingerprint density at radius 2 is 2.06 bits per heavy atom. The summed E-state index contributed by atoms with van der Waals surface area (Å²) in [5, 5.41) is 1.69. The highest BCUT2D eigenvalue weighted by molar-refractivity contribution is 6.36. The van der Waals surface area contributed by atoms with Crippen LogP contribution < -0.4 is 0 Å². The SMILES string of the molecule is CCCOC(=O)N1CCN(C(=O)c2ccc3c(Cl)c4c(nc3c2)CC(CCN(C)C)CC4)[C@H](C)C1. The van der Waals surface area contributed by atoms with E-state index < -0.39 is 0 Å². The third-order valence-electron chi connectivity index (χ3n) is 7.20. The van der Waals surface area contributed by atoms with Gasteiger partial charge in [0.25, 0.3) is 5.91 Å². The van der Waals surface area contributed by atoms with Crippen molar-refractivity contribution in [3.8, 4) is 0 Å². The van der Waals surface area contributed by atoms with Crippen LogP contribution in [0.1, 0.15) is 54.7 Å². The first-order valence-electron chi connectivity index (χ1n) is 12.8. The summed E-state index contributed by atoms with van der Waals surface area (Å²) in [4.78, 5) is 36.4. The maximum atomic E-state index is 13.4. The number of benzene rings is 1. The molecule has 1 aliphatic heterocycles. The van der Waals surface area contributed by atoms with E-state index in [0.29, 0.717) is 37.7 Å². The van der Waals surface area contributed by atoms with E-state index in [-0.39, 0.29) is 18.0 Å². The van der Waals surface area contributed by atoms with E-state index in [1.807, 2.05) is 36.9 Å². The molecule has 8 heteroatoms. The van der Waals surface area contributed by atoms with Crippen molar-refractivity contribution in [2.75, 3.05) is 46.9 Å². The molecule has 1 aromatic carbocycles. The predicted molar refractivity (Wildman–Crippen MR) is 139 cm³/mol. The molecule has 1 aromatic heterocycles. The summed E-state index contributed by atoms with van der Waals surface area (Å²) in [6.07, 6.45) is 4.67. The van der Waals surface area contributed by atoms with Crippen LogP contribution in [0, 0.1) is 5.92 Å². The number of amides is 2. The Morgan fingerprint density at radius 1 is 1.26 bits per heavy atom. The minimum Gasteiger partial charge on any atom is -0.449 e. The van der Waals surface area contributed by atoms with Crippen LogP contribution in [-0.4, -0.2) is 84.6 Å². The lowest BCUT2D eigenvalue weighted by Gasteiger charge is -2.39. The Kier molecular flexibility index (Phi) is 8.17. The molecular formula is C27H37ClN4O3. The zero-order valence-corrected chi connectivity index (χ0v) is 22.1. The molecule has 190 valence electrons. The minimum absolute atomic E-state index is 0.0412. The van der Waals surface area contributed by atoms with E-state index in [1.165, 1.54) is 5.56 Å². The third kappa shape index (κ3) is 5.72. The Morgan fingerprint density at radius 3 is 2.77 bits per heavy atom. The lowest BCUT2D eigenvalue weighted by molar-refractivity contribution is 0.0414. The maximum Gasteiger partial charge on any atom is 0.409 e. The van der Waals surface area contributed by atoms with Crippen molar-refractivity contribution in [3.05, 3.63) is 40.0 Å². The van der Waals surface area contributed by atoms with Gasteiger partial charge < -0.3 is 19.4 Å². The standard InChI is InChI=1S/C27H37ClN4O3/c1-5-14-35-27(34)31-12-13-32(18(2)17-31)26(33)20-7-9-22-24(16-20)29-23-15-19(10-11-30(3)4)6-8-21(23)25(22)28/h7,9,16,18-19H,5-6,8,10-15,17H2,1-4H3/t18-,19?/m1/s1. The molecule has 0 N–H and O–H groups in total. The van der Waals surface area contributed by atoms with Gasteiger partial charge in [0.2, 0.25) is 0 Å². The fourth-order valence-electron chi connectivity index (χ4n) is 5.15. The second-order valence-electron chi connectivity index (χ2n) is 10.2. The molecule has 2 aliphatic rings. The Hall–Kier alpha value is -2.38. The zero-order valence-electron chi connectivity index (χ0n) is 21.3. The zero-order chi connectivity index (χ0) is 25.1. The number of piperazine rings is 1. The molecule has 35 heavy (non-hydrogen) atoms. The van der Waals surface area contributed by atoms with Crippen LogP contribution in [0.4, 0.5) is 4.79 Å². The maximum absolute atomic E-state index is 13.4. The summed E-state index contributed by atoms with van der Waals surface area (Å²) in [5.74, 6) is 0.567. The summed E-state index contributed by atoms with van der Waals surface area (Å²) in [6.45, 7) is 6.84. The van der Waals surface area contributed by atoms with E-state index >= 15 is 0 Å². The van der Waals surface area contributed by atoms with Gasteiger partial charge in [0.15, 0.2) is 0 Å². The van der Waals surface area contributed by atoms with Gasteiger partial charge in [-0.05, 0) is 83.3 Å². The van der Waals surface area contributed by atoms with Gasteiger partial charge in [-0.3, -0.25) is 9.78 Å². The molecule has 1 saturated heterocycles. The fourth-order valence-corrected chi connectivity index (χ4v) is 5.51. The van der Waals surface area contributed by atoms with Crippen LogP contribution in [0.2, 0.25) is 5.02 Å². The number of rotatable bonds is 6. The highest BCUT2D eigenvalue weighted by Gasteiger charge is 2.31. The highest BCUT2D eigenvalue weighted by atomic mass is 35.5. The first-order chi connectivity index (χ1) is 16.8. The van der Waals surface area contributed by atoms with Crippen molar-refractivity contribution in [1.29, 1.82) is 0 Å². The molecule has 2 aromatic rings. The number of aromatic nitrogens is 1. The molecule has 0 radical (unpaired) electrons. The lowest BCUT2D eigenvalue weighted by atomic mass is 9.84. The Bertz CT molecular complexity index is 1090. The highest BCUT2D eigenvalue weighted by Crippen LogP contribution is 2.36. The number of ether oxygens (including phenoxy) is 1. The summed E-state index contributed by atoms with van der Waals surface area (Å²) in [7, 11) is 4.22. The minimum atomic E-state index is -0.302. The number of halogens is 1. The van der Waals surface area contributed by atoms with Gasteiger partial charge in [-0.2, -0.15) is 0 Å². The van der Waals surface area contributed by atoms with Gasteiger partial charge in [-0.25, -0.2) is 4.79 Å². The first kappa shape index (κ1) is 25.7. The molecule has 0 saturated carbocycles. The smallest absolute Gasteiger partial charge is 0.409 e. The second kappa shape index (κ2) is 11.1. The van der Waals surface area contributed by atoms with E-state index in [0.717, 1.165) is 60.3 Å². The number of nitrogens with zero attached hydrogens (tertiary/aromatic N) is 4. The quantitative estimate of drug-likeness (QED) is 0.578. The number of hydrogen-bond donors (Lipinski definition) is 0. The Balaban J connectivity index is 1.50. The molecular weight excluding hydrogens is 464 g/mol. The summed E-state index contributed by atoms with van der Waals surface area (Å²) < 4.78 is 5.26. The van der Waals surface area contributed by atoms with Gasteiger partial charge in [0.1, 0.15) is 0 Å². The normalized spacial score (nSPS) is 20.3. The van der Waals surface area contributed by atoms with Crippen molar-refractivity contribution in [1.82, 2.24) is 19.7 Å². The van der Waals surface area contributed by atoms with Crippen molar-refractivity contribution < 1.29 is 14.3 Å². The van der Waals surface area contributed by atoms with Crippen LogP contribution in [0.25, 0.3) is 10.9 Å². The van der Waals surface area contributed by atoms with Gasteiger partial charge >= 0.3 is 6.09 Å². The predicted octanol–water partition coefficient (Wildman–Crippen LogP) is 4.64. The summed E-state index contributed by atoms with van der Waals surface area (Å²) >= 11 is 6.83. The molecule has 1 unspecified atom stereocenters.